The Morgan fingerprint density at radius 2 is 1.67 bits per heavy atom. The van der Waals surface area contributed by atoms with Gasteiger partial charge in [0.05, 0.1) is 35.9 Å². The van der Waals surface area contributed by atoms with E-state index in [1.165, 1.54) is 38.3 Å². The van der Waals surface area contributed by atoms with Gasteiger partial charge in [-0.15, -0.1) is 0 Å². The van der Waals surface area contributed by atoms with Gasteiger partial charge >= 0.3 is 19.2 Å². The zero-order valence-electron chi connectivity index (χ0n) is 26.6. The lowest BCUT2D eigenvalue weighted by Crippen LogP contribution is -2.37. The molecule has 2 N–H and O–H groups in total. The predicted molar refractivity (Wildman–Crippen MR) is 180 cm³/mol. The van der Waals surface area contributed by atoms with Crippen LogP contribution in [0.1, 0.15) is 36.1 Å². The van der Waals surface area contributed by atoms with Gasteiger partial charge in [-0.2, -0.15) is 18.3 Å². The molecule has 0 aromatic heterocycles. The standard InChI is InChI=1S/C34H33ClF2N3O7PS/c1-4-47-33(41)23(2)39-48(42,43)34(36,37)29-17-14-26(19-30(29)35)22-40(49(44,45)32-11-6-5-10-31(32)46-3)21-24-12-15-27(16-13-24)28-9-7-8-25(18-28)20-38/h5-19,23H,4,21-22H2,1-3H3,(H2,39,42,43). The van der Waals surface area contributed by atoms with Crippen molar-refractivity contribution in [3.05, 3.63) is 118 Å². The summed E-state index contributed by atoms with van der Waals surface area (Å²) in [6.07, 6.45) is 0. The molecule has 0 amide bonds. The molecule has 0 heterocycles. The number of carbonyl (C=O) groups is 1. The smallest absolute Gasteiger partial charge is 0.361 e. The molecule has 49 heavy (non-hydrogen) atoms. The van der Waals surface area contributed by atoms with Crippen molar-refractivity contribution < 1.29 is 40.9 Å². The fraction of sp³-hybridized carbons (Fsp3) is 0.235. The molecule has 10 nitrogen and oxygen atoms in total. The highest BCUT2D eigenvalue weighted by Crippen LogP contribution is 2.61. The molecule has 15 heteroatoms. The van der Waals surface area contributed by atoms with Gasteiger partial charge in [0, 0.05) is 13.1 Å². The molecule has 0 radical (unpaired) electrons. The van der Waals surface area contributed by atoms with E-state index in [2.05, 4.69) is 6.07 Å². The quantitative estimate of drug-likeness (QED) is 0.103. The van der Waals surface area contributed by atoms with Gasteiger partial charge in [0.15, 0.2) is 0 Å². The predicted octanol–water partition coefficient (Wildman–Crippen LogP) is 7.05. The molecule has 4 rings (SSSR count). The summed E-state index contributed by atoms with van der Waals surface area (Å²) in [7, 11) is -8.52. The first-order chi connectivity index (χ1) is 23.1. The summed E-state index contributed by atoms with van der Waals surface area (Å²) >= 11 is 6.25. The van der Waals surface area contributed by atoms with Crippen LogP contribution in [-0.4, -0.2) is 43.3 Å². The number of sulfonamides is 1. The second kappa shape index (κ2) is 15.6. The number of methoxy groups -OCH3 is 1. The minimum Gasteiger partial charge on any atom is -0.495 e. The van der Waals surface area contributed by atoms with E-state index in [-0.39, 0.29) is 35.9 Å². The average molecular weight is 732 g/mol. The molecule has 0 bridgehead atoms. The molecule has 0 aliphatic rings. The maximum absolute atomic E-state index is 15.4. The van der Waals surface area contributed by atoms with Gasteiger partial charge < -0.3 is 14.4 Å². The number of nitrogens with zero attached hydrogens (tertiary/aromatic N) is 2. The van der Waals surface area contributed by atoms with E-state index in [0.29, 0.717) is 11.1 Å². The summed E-state index contributed by atoms with van der Waals surface area (Å²) in [6, 6.07) is 23.8. The normalized spacial score (nSPS) is 13.7. The number of hydrogen-bond acceptors (Lipinski definition) is 7. The van der Waals surface area contributed by atoms with Crippen LogP contribution in [0.4, 0.5) is 8.78 Å². The van der Waals surface area contributed by atoms with Crippen LogP contribution < -0.4 is 9.82 Å². The summed E-state index contributed by atoms with van der Waals surface area (Å²) < 4.78 is 82.9. The Hall–Kier alpha value is -4.15. The largest absolute Gasteiger partial charge is 0.495 e. The zero-order chi connectivity index (χ0) is 36.0. The Kier molecular flexibility index (Phi) is 12.0. The Bertz CT molecular complexity index is 2020. The van der Waals surface area contributed by atoms with Crippen molar-refractivity contribution in [3.8, 4) is 22.9 Å². The van der Waals surface area contributed by atoms with E-state index in [9.17, 15) is 27.9 Å². The van der Waals surface area contributed by atoms with Crippen LogP contribution in [0.5, 0.6) is 5.75 Å². The van der Waals surface area contributed by atoms with E-state index in [1.54, 1.807) is 53.6 Å². The number of ether oxygens (including phenoxy) is 2. The third-order valence-corrected chi connectivity index (χ3v) is 11.3. The van der Waals surface area contributed by atoms with Gasteiger partial charge in [-0.1, -0.05) is 72.3 Å². The molecule has 4 aromatic rings. The van der Waals surface area contributed by atoms with Crippen molar-refractivity contribution >= 4 is 35.1 Å². The molecular weight excluding hydrogens is 699 g/mol. The van der Waals surface area contributed by atoms with Gasteiger partial charge in [0.2, 0.25) is 10.0 Å². The third-order valence-electron chi connectivity index (χ3n) is 7.43. The molecule has 0 saturated heterocycles. The molecular formula is C34H33ClF2N3O7PS. The number of para-hydroxylation sites is 1. The Morgan fingerprint density at radius 3 is 2.31 bits per heavy atom. The Balaban J connectivity index is 1.67. The van der Waals surface area contributed by atoms with E-state index in [1.807, 2.05) is 6.07 Å². The van der Waals surface area contributed by atoms with Gasteiger partial charge in [-0.05, 0) is 66.4 Å². The highest BCUT2D eigenvalue weighted by atomic mass is 35.5. The lowest BCUT2D eigenvalue weighted by atomic mass is 10.0. The second-order valence-electron chi connectivity index (χ2n) is 10.8. The number of nitrogens with one attached hydrogen (secondary N) is 1. The Labute approximate surface area is 288 Å². The number of rotatable bonds is 14. The van der Waals surface area contributed by atoms with Crippen LogP contribution in [0, 0.1) is 11.3 Å². The maximum Gasteiger partial charge on any atom is 0.361 e. The molecule has 258 valence electrons. The van der Waals surface area contributed by atoms with Crippen LogP contribution in [0.15, 0.2) is 95.9 Å². The summed E-state index contributed by atoms with van der Waals surface area (Å²) in [5, 5.41) is 10.4. The molecule has 0 aliphatic heterocycles. The van der Waals surface area contributed by atoms with Crippen molar-refractivity contribution in [2.75, 3.05) is 13.7 Å². The fourth-order valence-electron chi connectivity index (χ4n) is 4.90. The van der Waals surface area contributed by atoms with Gasteiger partial charge in [-0.25, -0.2) is 13.5 Å². The minimum absolute atomic E-state index is 0.0584. The molecule has 0 saturated carbocycles. The van der Waals surface area contributed by atoms with E-state index >= 15 is 8.78 Å². The van der Waals surface area contributed by atoms with Crippen molar-refractivity contribution in [1.29, 1.82) is 5.26 Å². The number of carbonyl (C=O) groups excluding carboxylic acids is 1. The molecule has 4 aromatic carbocycles. The van der Waals surface area contributed by atoms with Crippen molar-refractivity contribution in [2.45, 2.75) is 43.5 Å². The van der Waals surface area contributed by atoms with E-state index in [4.69, 9.17) is 21.1 Å². The van der Waals surface area contributed by atoms with Crippen LogP contribution in [-0.2, 0) is 42.9 Å². The first-order valence-electron chi connectivity index (χ1n) is 14.8. The van der Waals surface area contributed by atoms with Gasteiger partial charge in [0.1, 0.15) is 16.7 Å². The van der Waals surface area contributed by atoms with Gasteiger partial charge in [0.25, 0.3) is 0 Å². The lowest BCUT2D eigenvalue weighted by molar-refractivity contribution is -0.144. The van der Waals surface area contributed by atoms with Crippen LogP contribution >= 0.6 is 19.1 Å². The first kappa shape index (κ1) is 37.7. The summed E-state index contributed by atoms with van der Waals surface area (Å²) in [6.45, 7) is 2.08. The van der Waals surface area contributed by atoms with Crippen molar-refractivity contribution in [3.63, 3.8) is 0 Å². The highest BCUT2D eigenvalue weighted by molar-refractivity contribution is 7.89. The molecule has 0 spiro atoms. The first-order valence-corrected chi connectivity index (χ1v) is 18.3. The topological polar surface area (TPSA) is 146 Å². The third kappa shape index (κ3) is 8.54. The minimum atomic E-state index is -5.58. The van der Waals surface area contributed by atoms with Crippen LogP contribution in [0.2, 0.25) is 5.02 Å². The van der Waals surface area contributed by atoms with E-state index in [0.717, 1.165) is 34.5 Å². The number of hydrogen-bond donors (Lipinski definition) is 2. The number of alkyl halides is 2. The number of benzene rings is 4. The summed E-state index contributed by atoms with van der Waals surface area (Å²) in [4.78, 5) is 22.1. The fourth-order valence-corrected chi connectivity index (χ4v) is 8.18. The van der Waals surface area contributed by atoms with Crippen molar-refractivity contribution in [1.82, 2.24) is 9.39 Å². The monoisotopic (exact) mass is 731 g/mol. The maximum atomic E-state index is 15.4. The summed E-state index contributed by atoms with van der Waals surface area (Å²) in [5.41, 5.74) is -2.54. The van der Waals surface area contributed by atoms with Crippen LogP contribution in [0.25, 0.3) is 11.1 Å². The SMILES string of the molecule is CCOC(=O)C(C)NP(=O)(O)C(F)(F)c1ccc(CN(Cc2ccc(-c3cccc(C#N)c3)cc2)S(=O)(=O)c2ccccc2OC)cc1Cl. The molecule has 2 atom stereocenters. The lowest BCUT2D eigenvalue weighted by Gasteiger charge is -2.27. The van der Waals surface area contributed by atoms with Crippen LogP contribution in [0.3, 0.4) is 0 Å². The number of halogens is 3. The van der Waals surface area contributed by atoms with E-state index < -0.39 is 45.8 Å². The molecule has 0 fully saturated rings. The van der Waals surface area contributed by atoms with Gasteiger partial charge in [-0.3, -0.25) is 9.36 Å². The average Bonchev–Trinajstić information content (AvgIpc) is 3.08. The summed E-state index contributed by atoms with van der Waals surface area (Å²) in [5.74, 6) is -0.898. The molecule has 2 unspecified atom stereocenters. The van der Waals surface area contributed by atoms with Crippen molar-refractivity contribution in [2.24, 2.45) is 0 Å². The Morgan fingerprint density at radius 1 is 1.02 bits per heavy atom. The number of esters is 1. The zero-order valence-corrected chi connectivity index (χ0v) is 29.1. The number of nitriles is 1. The second-order valence-corrected chi connectivity index (χ2v) is 15.1. The molecule has 0 aliphatic carbocycles. The highest BCUT2D eigenvalue weighted by Gasteiger charge is 2.53.